The summed E-state index contributed by atoms with van der Waals surface area (Å²) >= 11 is 0. The lowest BCUT2D eigenvalue weighted by Gasteiger charge is -2.02. The minimum absolute atomic E-state index is 0.0703. The van der Waals surface area contributed by atoms with Gasteiger partial charge in [-0.3, -0.25) is 9.69 Å². The minimum Gasteiger partial charge on any atom is -0.384 e. The molecule has 1 amide bonds. The topological polar surface area (TPSA) is 40.5 Å². The van der Waals surface area contributed by atoms with Crippen LogP contribution in [0.15, 0.2) is 0 Å². The van der Waals surface area contributed by atoms with Crippen LogP contribution in [0.4, 0.5) is 0 Å². The summed E-state index contributed by atoms with van der Waals surface area (Å²) in [5.41, 5.74) is 0. The highest BCUT2D eigenvalue weighted by atomic mass is 16.2. The van der Waals surface area contributed by atoms with Gasteiger partial charge in [-0.2, -0.15) is 0 Å². The van der Waals surface area contributed by atoms with E-state index in [2.05, 4.69) is 12.0 Å². The standard InChI is InChI=1S/C7H9NO2/c9-6-2-5-8-4-1-3-7(8)10/h9H,1,3-4,6H2. The van der Waals surface area contributed by atoms with Crippen LogP contribution in [-0.2, 0) is 4.79 Å². The van der Waals surface area contributed by atoms with E-state index in [0.717, 1.165) is 6.42 Å². The number of hydrogen-bond acceptors (Lipinski definition) is 2. The molecule has 0 atom stereocenters. The van der Waals surface area contributed by atoms with Gasteiger partial charge in [0.15, 0.2) is 0 Å². The zero-order chi connectivity index (χ0) is 7.40. The molecule has 0 aliphatic carbocycles. The van der Waals surface area contributed by atoms with E-state index in [1.54, 1.807) is 0 Å². The van der Waals surface area contributed by atoms with Gasteiger partial charge in [-0.15, -0.1) is 0 Å². The number of aliphatic hydroxyl groups is 1. The Morgan fingerprint density at radius 3 is 3.00 bits per heavy atom. The van der Waals surface area contributed by atoms with Gasteiger partial charge in [-0.05, 0) is 6.42 Å². The van der Waals surface area contributed by atoms with E-state index in [4.69, 9.17) is 5.11 Å². The van der Waals surface area contributed by atoms with Crippen molar-refractivity contribution in [1.29, 1.82) is 0 Å². The van der Waals surface area contributed by atoms with Crippen LogP contribution in [0.5, 0.6) is 0 Å². The monoisotopic (exact) mass is 139 g/mol. The summed E-state index contributed by atoms with van der Waals surface area (Å²) in [5, 5.41) is 8.30. The van der Waals surface area contributed by atoms with Gasteiger partial charge in [0.05, 0.1) is 0 Å². The molecule has 54 valence electrons. The molecule has 3 nitrogen and oxygen atoms in total. The zero-order valence-corrected chi connectivity index (χ0v) is 5.63. The summed E-state index contributed by atoms with van der Waals surface area (Å²) in [4.78, 5) is 12.3. The fourth-order valence-electron chi connectivity index (χ4n) is 0.897. The summed E-state index contributed by atoms with van der Waals surface area (Å²) in [7, 11) is 0. The quantitative estimate of drug-likeness (QED) is 0.462. The lowest BCUT2D eigenvalue weighted by Crippen LogP contribution is -2.18. The summed E-state index contributed by atoms with van der Waals surface area (Å²) in [5.74, 6) is 2.50. The lowest BCUT2D eigenvalue weighted by atomic mass is 10.4. The fourth-order valence-corrected chi connectivity index (χ4v) is 0.897. The Morgan fingerprint density at radius 2 is 2.50 bits per heavy atom. The van der Waals surface area contributed by atoms with Crippen LogP contribution in [0.1, 0.15) is 12.8 Å². The Bertz CT molecular complexity index is 190. The van der Waals surface area contributed by atoms with Crippen molar-refractivity contribution in [3.8, 4) is 12.0 Å². The second kappa shape index (κ2) is 3.23. The average Bonchev–Trinajstić information content (AvgIpc) is 2.31. The van der Waals surface area contributed by atoms with Crippen molar-refractivity contribution in [1.82, 2.24) is 4.90 Å². The van der Waals surface area contributed by atoms with E-state index in [9.17, 15) is 4.79 Å². The van der Waals surface area contributed by atoms with Gasteiger partial charge in [-0.1, -0.05) is 5.92 Å². The van der Waals surface area contributed by atoms with Crippen LogP contribution in [-0.4, -0.2) is 29.1 Å². The van der Waals surface area contributed by atoms with Crippen LogP contribution in [0.2, 0.25) is 0 Å². The summed E-state index contributed by atoms with van der Waals surface area (Å²) in [6, 6.07) is 2.56. The highest BCUT2D eigenvalue weighted by Crippen LogP contribution is 2.06. The predicted octanol–water partition coefficient (Wildman–Crippen LogP) is -0.438. The van der Waals surface area contributed by atoms with Crippen LogP contribution >= 0.6 is 0 Å². The van der Waals surface area contributed by atoms with Crippen molar-refractivity contribution in [3.63, 3.8) is 0 Å². The van der Waals surface area contributed by atoms with E-state index in [0.29, 0.717) is 13.0 Å². The first-order valence-corrected chi connectivity index (χ1v) is 3.24. The highest BCUT2D eigenvalue weighted by Gasteiger charge is 2.17. The molecule has 0 spiro atoms. The molecule has 1 saturated heterocycles. The minimum atomic E-state index is -0.177. The first kappa shape index (κ1) is 7.10. The Hall–Kier alpha value is -1.01. The Balaban J connectivity index is 2.48. The Morgan fingerprint density at radius 1 is 1.70 bits per heavy atom. The van der Waals surface area contributed by atoms with Crippen molar-refractivity contribution in [2.45, 2.75) is 12.8 Å². The maximum atomic E-state index is 10.8. The van der Waals surface area contributed by atoms with E-state index >= 15 is 0 Å². The summed E-state index contributed by atoms with van der Waals surface area (Å²) < 4.78 is 0. The molecule has 3 heteroatoms. The van der Waals surface area contributed by atoms with Crippen molar-refractivity contribution < 1.29 is 9.90 Å². The van der Waals surface area contributed by atoms with Gasteiger partial charge in [-0.25, -0.2) is 0 Å². The summed E-state index contributed by atoms with van der Waals surface area (Å²) in [6.07, 6.45) is 1.49. The van der Waals surface area contributed by atoms with Crippen LogP contribution in [0.25, 0.3) is 0 Å². The average molecular weight is 139 g/mol. The second-order valence-electron chi connectivity index (χ2n) is 2.10. The van der Waals surface area contributed by atoms with Crippen LogP contribution in [0.3, 0.4) is 0 Å². The first-order chi connectivity index (χ1) is 4.84. The van der Waals surface area contributed by atoms with Gasteiger partial charge in [0.25, 0.3) is 0 Å². The van der Waals surface area contributed by atoms with Gasteiger partial charge < -0.3 is 5.11 Å². The molecular formula is C7H9NO2. The van der Waals surface area contributed by atoms with Crippen molar-refractivity contribution in [2.24, 2.45) is 0 Å². The van der Waals surface area contributed by atoms with E-state index in [1.807, 2.05) is 0 Å². The molecule has 1 aliphatic rings. The third-order valence-corrected chi connectivity index (χ3v) is 1.37. The largest absolute Gasteiger partial charge is 0.384 e. The smallest absolute Gasteiger partial charge is 0.234 e. The molecule has 1 rings (SSSR count). The Labute approximate surface area is 59.6 Å². The molecule has 0 aromatic heterocycles. The Kier molecular flexibility index (Phi) is 2.30. The van der Waals surface area contributed by atoms with Gasteiger partial charge in [0, 0.05) is 19.0 Å². The molecule has 0 bridgehead atoms. The number of carbonyl (C=O) groups excluding carboxylic acids is 1. The van der Waals surface area contributed by atoms with Crippen molar-refractivity contribution in [2.75, 3.05) is 13.2 Å². The zero-order valence-electron chi connectivity index (χ0n) is 5.63. The van der Waals surface area contributed by atoms with Crippen molar-refractivity contribution >= 4 is 5.91 Å². The molecular weight excluding hydrogens is 130 g/mol. The van der Waals surface area contributed by atoms with E-state index in [-0.39, 0.29) is 12.5 Å². The lowest BCUT2D eigenvalue weighted by molar-refractivity contribution is -0.124. The maximum absolute atomic E-state index is 10.8. The van der Waals surface area contributed by atoms with Crippen molar-refractivity contribution in [3.05, 3.63) is 0 Å². The van der Waals surface area contributed by atoms with Crippen LogP contribution in [0, 0.1) is 12.0 Å². The molecule has 1 heterocycles. The van der Waals surface area contributed by atoms with E-state index in [1.165, 1.54) is 4.90 Å². The third kappa shape index (κ3) is 1.49. The van der Waals surface area contributed by atoms with Crippen LogP contribution < -0.4 is 0 Å². The molecule has 0 saturated carbocycles. The normalized spacial score (nSPS) is 16.9. The number of rotatable bonds is 0. The highest BCUT2D eigenvalue weighted by molar-refractivity contribution is 5.79. The van der Waals surface area contributed by atoms with Gasteiger partial charge >= 0.3 is 0 Å². The molecule has 0 unspecified atom stereocenters. The van der Waals surface area contributed by atoms with Gasteiger partial charge in [0.1, 0.15) is 6.61 Å². The van der Waals surface area contributed by atoms with Gasteiger partial charge in [0.2, 0.25) is 5.91 Å². The number of hydrogen-bond donors (Lipinski definition) is 1. The number of likely N-dealkylation sites (tertiary alicyclic amines) is 1. The number of carbonyl (C=O) groups is 1. The molecule has 1 aliphatic heterocycles. The first-order valence-electron chi connectivity index (χ1n) is 3.24. The number of aliphatic hydroxyl groups excluding tert-OH is 1. The molecule has 0 aromatic rings. The fraction of sp³-hybridized carbons (Fsp3) is 0.571. The maximum Gasteiger partial charge on any atom is 0.234 e. The molecule has 0 radical (unpaired) electrons. The predicted molar refractivity (Wildman–Crippen MR) is 35.8 cm³/mol. The SMILES string of the molecule is O=C1CCCN1C#CCO. The molecule has 1 N–H and O–H groups in total. The molecule has 10 heavy (non-hydrogen) atoms. The van der Waals surface area contributed by atoms with E-state index < -0.39 is 0 Å². The molecule has 0 aromatic carbocycles. The molecule has 1 fully saturated rings. The summed E-state index contributed by atoms with van der Waals surface area (Å²) in [6.45, 7) is 0.537. The number of amides is 1. The third-order valence-electron chi connectivity index (χ3n) is 1.37. The second-order valence-corrected chi connectivity index (χ2v) is 2.10. The number of nitrogens with zero attached hydrogens (tertiary/aromatic N) is 1.